The maximum Gasteiger partial charge on any atom is 0.312 e. The third kappa shape index (κ3) is 2.09. The van der Waals surface area contributed by atoms with Crippen molar-refractivity contribution in [3.05, 3.63) is 22.4 Å². The number of nitro groups is 1. The molecule has 0 unspecified atom stereocenters. The van der Waals surface area contributed by atoms with E-state index in [-0.39, 0.29) is 10.7 Å². The minimum Gasteiger partial charge on any atom is -0.378 e. The minimum absolute atomic E-state index is 0.265. The van der Waals surface area contributed by atoms with Gasteiger partial charge >= 0.3 is 5.69 Å². The van der Waals surface area contributed by atoms with Crippen LogP contribution in [-0.2, 0) is 10.0 Å². The second kappa shape index (κ2) is 4.02. The molecule has 0 atom stereocenters. The first-order valence-corrected chi connectivity index (χ1v) is 5.53. The average Bonchev–Trinajstić information content (AvgIpc) is 2.17. The third-order valence-corrected chi connectivity index (χ3v) is 3.63. The lowest BCUT2D eigenvalue weighted by atomic mass is 10.4. The van der Waals surface area contributed by atoms with Gasteiger partial charge in [-0.2, -0.15) is 0 Å². The van der Waals surface area contributed by atoms with Crippen LogP contribution in [0, 0.1) is 10.1 Å². The SMILES string of the molecule is CN(C)S(=O)(=O)c1cnc(N)c([N+](=O)[O-])c1. The molecule has 8 nitrogen and oxygen atoms in total. The fourth-order valence-electron chi connectivity index (χ4n) is 0.943. The predicted molar refractivity (Wildman–Crippen MR) is 56.2 cm³/mol. The topological polar surface area (TPSA) is 119 Å². The number of nitrogens with zero attached hydrogens (tertiary/aromatic N) is 3. The van der Waals surface area contributed by atoms with Crippen LogP contribution >= 0.6 is 0 Å². The van der Waals surface area contributed by atoms with E-state index in [0.717, 1.165) is 16.6 Å². The first kappa shape index (κ1) is 12.3. The highest BCUT2D eigenvalue weighted by molar-refractivity contribution is 7.89. The van der Waals surface area contributed by atoms with Crippen molar-refractivity contribution in [2.45, 2.75) is 4.90 Å². The molecule has 0 saturated heterocycles. The molecular weight excluding hydrogens is 236 g/mol. The highest BCUT2D eigenvalue weighted by atomic mass is 32.2. The summed E-state index contributed by atoms with van der Waals surface area (Å²) in [4.78, 5) is 13.0. The summed E-state index contributed by atoms with van der Waals surface area (Å²) in [5.74, 6) is -0.317. The van der Waals surface area contributed by atoms with Crippen LogP contribution in [0.4, 0.5) is 11.5 Å². The van der Waals surface area contributed by atoms with E-state index in [2.05, 4.69) is 4.98 Å². The molecule has 1 heterocycles. The summed E-state index contributed by atoms with van der Waals surface area (Å²) >= 11 is 0. The van der Waals surface area contributed by atoms with E-state index in [9.17, 15) is 18.5 Å². The van der Waals surface area contributed by atoms with Crippen molar-refractivity contribution >= 4 is 21.5 Å². The normalized spacial score (nSPS) is 11.7. The first-order valence-electron chi connectivity index (χ1n) is 4.09. The molecule has 0 aliphatic heterocycles. The predicted octanol–water partition coefficient (Wildman–Crippen LogP) is -0.178. The van der Waals surface area contributed by atoms with Gasteiger partial charge in [-0.05, 0) is 0 Å². The summed E-state index contributed by atoms with van der Waals surface area (Å²) in [5, 5.41) is 10.5. The van der Waals surface area contributed by atoms with Gasteiger partial charge in [0.2, 0.25) is 15.8 Å². The molecular formula is C7H10N4O4S. The second-order valence-electron chi connectivity index (χ2n) is 3.12. The lowest BCUT2D eigenvalue weighted by molar-refractivity contribution is -0.384. The zero-order chi connectivity index (χ0) is 12.5. The summed E-state index contributed by atoms with van der Waals surface area (Å²) in [6, 6.07) is 0.887. The molecule has 0 saturated carbocycles. The molecule has 88 valence electrons. The molecule has 0 amide bonds. The Morgan fingerprint density at radius 2 is 2.06 bits per heavy atom. The van der Waals surface area contributed by atoms with Crippen molar-refractivity contribution in [1.82, 2.24) is 9.29 Å². The van der Waals surface area contributed by atoms with Crippen LogP contribution in [0.5, 0.6) is 0 Å². The summed E-state index contributed by atoms with van der Waals surface area (Å²) in [7, 11) is -1.10. The number of hydrogen-bond acceptors (Lipinski definition) is 6. The second-order valence-corrected chi connectivity index (χ2v) is 5.27. The number of nitrogens with two attached hydrogens (primary N) is 1. The van der Waals surface area contributed by atoms with Gasteiger partial charge in [-0.15, -0.1) is 0 Å². The van der Waals surface area contributed by atoms with Crippen LogP contribution in [-0.4, -0.2) is 36.7 Å². The number of nitrogen functional groups attached to an aromatic ring is 1. The molecule has 1 aromatic heterocycles. The molecule has 0 aliphatic carbocycles. The van der Waals surface area contributed by atoms with E-state index in [0.29, 0.717) is 0 Å². The fourth-order valence-corrected chi connectivity index (χ4v) is 1.81. The molecule has 1 rings (SSSR count). The molecule has 0 spiro atoms. The van der Waals surface area contributed by atoms with Gasteiger partial charge in [0, 0.05) is 26.4 Å². The van der Waals surface area contributed by atoms with E-state index in [4.69, 9.17) is 5.73 Å². The highest BCUT2D eigenvalue weighted by Crippen LogP contribution is 2.23. The van der Waals surface area contributed by atoms with E-state index >= 15 is 0 Å². The Bertz CT molecular complexity index is 525. The smallest absolute Gasteiger partial charge is 0.312 e. The molecule has 2 N–H and O–H groups in total. The Morgan fingerprint density at radius 1 is 1.50 bits per heavy atom. The van der Waals surface area contributed by atoms with Crippen LogP contribution < -0.4 is 5.73 Å². The Hall–Kier alpha value is -1.74. The minimum atomic E-state index is -3.74. The van der Waals surface area contributed by atoms with E-state index < -0.39 is 20.6 Å². The van der Waals surface area contributed by atoms with Gasteiger partial charge in [-0.25, -0.2) is 17.7 Å². The van der Waals surface area contributed by atoms with Crippen molar-refractivity contribution in [3.8, 4) is 0 Å². The van der Waals surface area contributed by atoms with Gasteiger partial charge < -0.3 is 5.73 Å². The Labute approximate surface area is 91.9 Å². The quantitative estimate of drug-likeness (QED) is 0.583. The van der Waals surface area contributed by atoms with Gasteiger partial charge in [0.05, 0.1) is 4.92 Å². The van der Waals surface area contributed by atoms with Crippen molar-refractivity contribution in [3.63, 3.8) is 0 Å². The Kier molecular flexibility index (Phi) is 3.10. The fraction of sp³-hybridized carbons (Fsp3) is 0.286. The summed E-state index contributed by atoms with van der Waals surface area (Å²) in [5.41, 5.74) is 4.72. The third-order valence-electron chi connectivity index (χ3n) is 1.85. The highest BCUT2D eigenvalue weighted by Gasteiger charge is 2.22. The van der Waals surface area contributed by atoms with Crippen molar-refractivity contribution in [1.29, 1.82) is 0 Å². The van der Waals surface area contributed by atoms with Gasteiger partial charge in [0.25, 0.3) is 0 Å². The van der Waals surface area contributed by atoms with Crippen LogP contribution in [0.3, 0.4) is 0 Å². The summed E-state index contributed by atoms with van der Waals surface area (Å²) in [6.45, 7) is 0. The van der Waals surface area contributed by atoms with E-state index in [1.165, 1.54) is 14.1 Å². The van der Waals surface area contributed by atoms with Crippen molar-refractivity contribution < 1.29 is 13.3 Å². The maximum atomic E-state index is 11.6. The number of aromatic nitrogens is 1. The number of pyridine rings is 1. The van der Waals surface area contributed by atoms with Crippen molar-refractivity contribution in [2.75, 3.05) is 19.8 Å². The number of rotatable bonds is 3. The molecule has 9 heteroatoms. The van der Waals surface area contributed by atoms with E-state index in [1.807, 2.05) is 0 Å². The molecule has 0 bridgehead atoms. The van der Waals surface area contributed by atoms with Crippen molar-refractivity contribution in [2.24, 2.45) is 0 Å². The zero-order valence-electron chi connectivity index (χ0n) is 8.61. The summed E-state index contributed by atoms with van der Waals surface area (Å²) in [6.07, 6.45) is 0.984. The molecule has 0 radical (unpaired) electrons. The van der Waals surface area contributed by atoms with Crippen LogP contribution in [0.25, 0.3) is 0 Å². The zero-order valence-corrected chi connectivity index (χ0v) is 9.43. The molecule has 0 aromatic carbocycles. The maximum absolute atomic E-state index is 11.6. The largest absolute Gasteiger partial charge is 0.378 e. The standard InChI is InChI=1S/C7H10N4O4S/c1-10(2)16(14,15)5-3-6(11(12)13)7(8)9-4-5/h3-4H,1-2H3,(H2,8,9). The van der Waals surface area contributed by atoms with Gasteiger partial charge in [-0.3, -0.25) is 10.1 Å². The molecule has 16 heavy (non-hydrogen) atoms. The molecule has 0 fully saturated rings. The van der Waals surface area contributed by atoms with Crippen LogP contribution in [0.2, 0.25) is 0 Å². The summed E-state index contributed by atoms with van der Waals surface area (Å²) < 4.78 is 24.2. The monoisotopic (exact) mass is 246 g/mol. The lowest BCUT2D eigenvalue weighted by Gasteiger charge is -2.10. The molecule has 1 aromatic rings. The van der Waals surface area contributed by atoms with Crippen LogP contribution in [0.15, 0.2) is 17.2 Å². The number of sulfonamides is 1. The van der Waals surface area contributed by atoms with Gasteiger partial charge in [0.15, 0.2) is 0 Å². The number of hydrogen-bond donors (Lipinski definition) is 1. The van der Waals surface area contributed by atoms with Crippen LogP contribution in [0.1, 0.15) is 0 Å². The van der Waals surface area contributed by atoms with Gasteiger partial charge in [0.1, 0.15) is 4.90 Å². The first-order chi connectivity index (χ1) is 7.26. The Balaban J connectivity index is 3.40. The Morgan fingerprint density at radius 3 is 2.50 bits per heavy atom. The molecule has 0 aliphatic rings. The van der Waals surface area contributed by atoms with Gasteiger partial charge in [-0.1, -0.05) is 0 Å². The van der Waals surface area contributed by atoms with E-state index in [1.54, 1.807) is 0 Å². The number of anilines is 1. The lowest BCUT2D eigenvalue weighted by Crippen LogP contribution is -2.22. The average molecular weight is 246 g/mol.